The molecular formula is C21H33NO2S. The summed E-state index contributed by atoms with van der Waals surface area (Å²) in [4.78, 5) is 14.2. The minimum absolute atomic E-state index is 0.300. The molecule has 1 aliphatic heterocycles. The van der Waals surface area contributed by atoms with Crippen molar-refractivity contribution in [3.8, 4) is 0 Å². The van der Waals surface area contributed by atoms with Crippen LogP contribution < -0.4 is 0 Å². The predicted molar refractivity (Wildman–Crippen MR) is 107 cm³/mol. The molecule has 1 aliphatic rings. The number of aliphatic hydroxyl groups is 1. The van der Waals surface area contributed by atoms with Crippen molar-refractivity contribution in [2.75, 3.05) is 18.1 Å². The van der Waals surface area contributed by atoms with Gasteiger partial charge in [0.1, 0.15) is 0 Å². The van der Waals surface area contributed by atoms with Crippen molar-refractivity contribution in [3.05, 3.63) is 35.4 Å². The molecule has 0 aliphatic carbocycles. The van der Waals surface area contributed by atoms with Gasteiger partial charge in [0.25, 0.3) is 0 Å². The van der Waals surface area contributed by atoms with Crippen LogP contribution in [0.25, 0.3) is 0 Å². The highest BCUT2D eigenvalue weighted by atomic mass is 32.2. The van der Waals surface area contributed by atoms with Gasteiger partial charge in [-0.15, -0.1) is 0 Å². The van der Waals surface area contributed by atoms with E-state index in [0.717, 1.165) is 31.6 Å². The fourth-order valence-corrected chi connectivity index (χ4v) is 4.53. The van der Waals surface area contributed by atoms with Gasteiger partial charge in [-0.2, -0.15) is 11.8 Å². The summed E-state index contributed by atoms with van der Waals surface area (Å²) >= 11 is 1.95. The van der Waals surface area contributed by atoms with Gasteiger partial charge in [0.05, 0.1) is 6.10 Å². The van der Waals surface area contributed by atoms with Crippen LogP contribution in [-0.4, -0.2) is 46.1 Å². The number of likely N-dealkylation sites (tertiary alicyclic amines) is 1. The molecule has 140 valence electrons. The molecule has 0 unspecified atom stereocenters. The first-order valence-electron chi connectivity index (χ1n) is 9.71. The van der Waals surface area contributed by atoms with Crippen molar-refractivity contribution in [3.63, 3.8) is 0 Å². The Morgan fingerprint density at radius 2 is 2.20 bits per heavy atom. The molecule has 2 rings (SSSR count). The molecule has 0 saturated carbocycles. The standard InChI is InChI=1S/C21H33NO2S/c1-3-4-13-25-14-12-22-19(9-11-21(22)24)8-10-20(23)16-18-7-5-6-17(2)15-18/h5-7,15,19-20,23H,3-4,8-14,16H2,1-2H3/t19-,20+/m0/s1. The fraction of sp³-hybridized carbons (Fsp3) is 0.667. The summed E-state index contributed by atoms with van der Waals surface area (Å²) < 4.78 is 0. The van der Waals surface area contributed by atoms with Crippen LogP contribution in [-0.2, 0) is 11.2 Å². The summed E-state index contributed by atoms with van der Waals surface area (Å²) in [6.45, 7) is 5.16. The van der Waals surface area contributed by atoms with Crippen LogP contribution >= 0.6 is 11.8 Å². The second-order valence-electron chi connectivity index (χ2n) is 7.17. The Labute approximate surface area is 157 Å². The Morgan fingerprint density at radius 3 is 2.96 bits per heavy atom. The summed E-state index contributed by atoms with van der Waals surface area (Å²) in [5.74, 6) is 2.53. The third-order valence-corrected chi connectivity index (χ3v) is 6.01. The lowest BCUT2D eigenvalue weighted by Gasteiger charge is -2.25. The molecule has 1 fully saturated rings. The summed E-state index contributed by atoms with van der Waals surface area (Å²) in [7, 11) is 0. The maximum atomic E-state index is 12.1. The molecule has 1 aromatic rings. The van der Waals surface area contributed by atoms with Gasteiger partial charge < -0.3 is 10.0 Å². The minimum Gasteiger partial charge on any atom is -0.393 e. The van der Waals surface area contributed by atoms with E-state index in [1.165, 1.54) is 29.7 Å². The first-order chi connectivity index (χ1) is 12.1. The molecule has 0 bridgehead atoms. The lowest BCUT2D eigenvalue weighted by Crippen LogP contribution is -2.35. The molecule has 1 heterocycles. The minimum atomic E-state index is -0.321. The zero-order valence-electron chi connectivity index (χ0n) is 15.7. The fourth-order valence-electron chi connectivity index (χ4n) is 3.51. The molecule has 1 N–H and O–H groups in total. The molecule has 25 heavy (non-hydrogen) atoms. The third kappa shape index (κ3) is 7.02. The summed E-state index contributed by atoms with van der Waals surface area (Å²) in [5.41, 5.74) is 2.43. The van der Waals surface area contributed by atoms with E-state index >= 15 is 0 Å². The third-order valence-electron chi connectivity index (χ3n) is 4.96. The van der Waals surface area contributed by atoms with Crippen molar-refractivity contribution < 1.29 is 9.90 Å². The first kappa shape index (κ1) is 20.3. The average Bonchev–Trinajstić information content (AvgIpc) is 2.93. The molecule has 1 saturated heterocycles. The van der Waals surface area contributed by atoms with Crippen LogP contribution in [0, 0.1) is 6.92 Å². The lowest BCUT2D eigenvalue weighted by molar-refractivity contribution is -0.128. The zero-order valence-corrected chi connectivity index (χ0v) is 16.6. The average molecular weight is 364 g/mol. The van der Waals surface area contributed by atoms with E-state index in [2.05, 4.69) is 36.9 Å². The number of hydrogen-bond acceptors (Lipinski definition) is 3. The van der Waals surface area contributed by atoms with Gasteiger partial charge in [-0.1, -0.05) is 43.2 Å². The number of amides is 1. The Balaban J connectivity index is 1.73. The van der Waals surface area contributed by atoms with Gasteiger partial charge in [-0.3, -0.25) is 4.79 Å². The Hall–Kier alpha value is -1.00. The quantitative estimate of drug-likeness (QED) is 0.599. The van der Waals surface area contributed by atoms with Crippen molar-refractivity contribution in [2.45, 2.75) is 70.9 Å². The van der Waals surface area contributed by atoms with Gasteiger partial charge in [-0.05, 0) is 50.3 Å². The van der Waals surface area contributed by atoms with Gasteiger partial charge >= 0.3 is 0 Å². The molecule has 1 amide bonds. The van der Waals surface area contributed by atoms with E-state index in [0.29, 0.717) is 24.8 Å². The maximum Gasteiger partial charge on any atom is 0.222 e. The highest BCUT2D eigenvalue weighted by Gasteiger charge is 2.30. The number of aryl methyl sites for hydroxylation is 1. The first-order valence-corrected chi connectivity index (χ1v) is 10.9. The number of carbonyl (C=O) groups excluding carboxylic acids is 1. The maximum absolute atomic E-state index is 12.1. The summed E-state index contributed by atoms with van der Waals surface area (Å²) in [6, 6.07) is 8.67. The normalized spacial score (nSPS) is 18.8. The molecule has 0 radical (unpaired) electrons. The highest BCUT2D eigenvalue weighted by Crippen LogP contribution is 2.24. The monoisotopic (exact) mass is 363 g/mol. The second-order valence-corrected chi connectivity index (χ2v) is 8.39. The van der Waals surface area contributed by atoms with Crippen molar-refractivity contribution in [1.82, 2.24) is 4.90 Å². The smallest absolute Gasteiger partial charge is 0.222 e. The number of aliphatic hydroxyl groups excluding tert-OH is 1. The highest BCUT2D eigenvalue weighted by molar-refractivity contribution is 7.99. The summed E-state index contributed by atoms with van der Waals surface area (Å²) in [5, 5.41) is 10.4. The molecular weight excluding hydrogens is 330 g/mol. The van der Waals surface area contributed by atoms with Crippen molar-refractivity contribution in [2.24, 2.45) is 0 Å². The van der Waals surface area contributed by atoms with Gasteiger partial charge in [0.15, 0.2) is 0 Å². The van der Waals surface area contributed by atoms with E-state index in [9.17, 15) is 9.90 Å². The number of nitrogens with zero attached hydrogens (tertiary/aromatic N) is 1. The predicted octanol–water partition coefficient (Wildman–Crippen LogP) is 4.20. The van der Waals surface area contributed by atoms with E-state index in [4.69, 9.17) is 0 Å². The molecule has 4 heteroatoms. The molecule has 0 aromatic heterocycles. The van der Waals surface area contributed by atoms with Gasteiger partial charge in [0.2, 0.25) is 5.91 Å². The zero-order chi connectivity index (χ0) is 18.1. The lowest BCUT2D eigenvalue weighted by atomic mass is 9.99. The number of benzene rings is 1. The van der Waals surface area contributed by atoms with Gasteiger partial charge in [0, 0.05) is 24.8 Å². The number of unbranched alkanes of at least 4 members (excludes halogenated alkanes) is 1. The number of thioether (sulfide) groups is 1. The van der Waals surface area contributed by atoms with Crippen LogP contribution in [0.1, 0.15) is 56.6 Å². The van der Waals surface area contributed by atoms with E-state index in [1.807, 2.05) is 17.8 Å². The van der Waals surface area contributed by atoms with Crippen LogP contribution in [0.2, 0.25) is 0 Å². The topological polar surface area (TPSA) is 40.5 Å². The molecule has 2 atom stereocenters. The van der Waals surface area contributed by atoms with E-state index in [1.54, 1.807) is 0 Å². The largest absolute Gasteiger partial charge is 0.393 e. The SMILES string of the molecule is CCCCSCCN1C(=O)CC[C@@H]1CC[C@@H](O)Cc1cccc(C)c1. The van der Waals surface area contributed by atoms with Gasteiger partial charge in [-0.25, -0.2) is 0 Å². The Kier molecular flexibility index (Phi) is 8.83. The van der Waals surface area contributed by atoms with Crippen LogP contribution in [0.15, 0.2) is 24.3 Å². The summed E-state index contributed by atoms with van der Waals surface area (Å²) in [6.07, 6.45) is 6.19. The van der Waals surface area contributed by atoms with E-state index in [-0.39, 0.29) is 6.10 Å². The van der Waals surface area contributed by atoms with Crippen LogP contribution in [0.5, 0.6) is 0 Å². The molecule has 3 nitrogen and oxygen atoms in total. The molecule has 0 spiro atoms. The number of carbonyl (C=O) groups is 1. The molecule has 1 aromatic carbocycles. The van der Waals surface area contributed by atoms with Crippen LogP contribution in [0.4, 0.5) is 0 Å². The van der Waals surface area contributed by atoms with E-state index < -0.39 is 0 Å². The second kappa shape index (κ2) is 10.9. The van der Waals surface area contributed by atoms with Crippen molar-refractivity contribution >= 4 is 17.7 Å². The Bertz CT molecular complexity index is 534. The van der Waals surface area contributed by atoms with Crippen molar-refractivity contribution in [1.29, 1.82) is 0 Å². The van der Waals surface area contributed by atoms with Crippen LogP contribution in [0.3, 0.4) is 0 Å². The number of hydrogen-bond donors (Lipinski definition) is 1. The number of rotatable bonds is 11. The Morgan fingerprint density at radius 1 is 1.36 bits per heavy atom.